The normalized spacial score (nSPS) is 11.4. The molecule has 0 radical (unpaired) electrons. The van der Waals surface area contributed by atoms with Crippen LogP contribution in [0.2, 0.25) is 0 Å². The summed E-state index contributed by atoms with van der Waals surface area (Å²) in [5, 5.41) is 13.9. The maximum Gasteiger partial charge on any atom is 0.261 e. The van der Waals surface area contributed by atoms with E-state index >= 15 is 0 Å². The summed E-state index contributed by atoms with van der Waals surface area (Å²) in [7, 11) is 0. The van der Waals surface area contributed by atoms with Gasteiger partial charge in [0.05, 0.1) is 5.56 Å². The minimum atomic E-state index is -0.121. The van der Waals surface area contributed by atoms with E-state index < -0.39 is 0 Å². The van der Waals surface area contributed by atoms with E-state index in [1.54, 1.807) is 4.57 Å². The third-order valence-corrected chi connectivity index (χ3v) is 4.46. The standard InChI is InChI=1S/C23H25N3O2/c1-23(2,3)25-14-15-26-21(27)19-12-8-7-11-18(19)20(22(26)28-16-13-24)17-9-5-4-6-10-17/h4-12,25H,14-16H2,1-3H3. The van der Waals surface area contributed by atoms with Gasteiger partial charge in [-0.05, 0) is 32.4 Å². The fourth-order valence-corrected chi connectivity index (χ4v) is 3.26. The Kier molecular flexibility index (Phi) is 5.81. The Bertz CT molecular complexity index is 1060. The lowest BCUT2D eigenvalue weighted by Gasteiger charge is -2.23. The highest BCUT2D eigenvalue weighted by molar-refractivity contribution is 5.98. The van der Waals surface area contributed by atoms with Crippen LogP contribution in [0.3, 0.4) is 0 Å². The maximum absolute atomic E-state index is 13.2. The molecule has 0 spiro atoms. The van der Waals surface area contributed by atoms with Gasteiger partial charge in [-0.1, -0.05) is 48.5 Å². The first-order chi connectivity index (χ1) is 13.4. The van der Waals surface area contributed by atoms with Crippen LogP contribution >= 0.6 is 0 Å². The maximum atomic E-state index is 13.2. The molecular formula is C23H25N3O2. The summed E-state index contributed by atoms with van der Waals surface area (Å²) in [6.07, 6.45) is 0. The van der Waals surface area contributed by atoms with Gasteiger partial charge in [0, 0.05) is 29.4 Å². The van der Waals surface area contributed by atoms with Crippen LogP contribution in [0.15, 0.2) is 59.4 Å². The van der Waals surface area contributed by atoms with Gasteiger partial charge >= 0.3 is 0 Å². The Balaban J connectivity index is 2.24. The van der Waals surface area contributed by atoms with Crippen LogP contribution in [-0.2, 0) is 6.54 Å². The third-order valence-electron chi connectivity index (χ3n) is 4.46. The number of aromatic nitrogens is 1. The number of fused-ring (bicyclic) bond motifs is 1. The molecule has 5 heteroatoms. The van der Waals surface area contributed by atoms with E-state index in [1.165, 1.54) is 0 Å². The molecule has 28 heavy (non-hydrogen) atoms. The second-order valence-electron chi connectivity index (χ2n) is 7.67. The highest BCUT2D eigenvalue weighted by Crippen LogP contribution is 2.35. The zero-order valence-electron chi connectivity index (χ0n) is 16.5. The first-order valence-corrected chi connectivity index (χ1v) is 9.38. The molecule has 0 unspecified atom stereocenters. The van der Waals surface area contributed by atoms with Crippen molar-refractivity contribution in [3.63, 3.8) is 0 Å². The van der Waals surface area contributed by atoms with Crippen molar-refractivity contribution in [2.45, 2.75) is 32.9 Å². The predicted molar refractivity (Wildman–Crippen MR) is 113 cm³/mol. The number of hydrogen-bond donors (Lipinski definition) is 1. The Hall–Kier alpha value is -3.10. The second kappa shape index (κ2) is 8.28. The highest BCUT2D eigenvalue weighted by atomic mass is 16.5. The molecule has 0 bridgehead atoms. The van der Waals surface area contributed by atoms with Crippen molar-refractivity contribution < 1.29 is 4.74 Å². The van der Waals surface area contributed by atoms with Crippen LogP contribution in [0.5, 0.6) is 5.88 Å². The fraction of sp³-hybridized carbons (Fsp3) is 0.304. The summed E-state index contributed by atoms with van der Waals surface area (Å²) in [4.78, 5) is 13.2. The largest absolute Gasteiger partial charge is 0.463 e. The number of ether oxygens (including phenoxy) is 1. The van der Waals surface area contributed by atoms with Crippen molar-refractivity contribution in [3.05, 3.63) is 65.0 Å². The van der Waals surface area contributed by atoms with E-state index in [1.807, 2.05) is 60.7 Å². The average Bonchev–Trinajstić information content (AvgIpc) is 2.68. The number of nitriles is 1. The van der Waals surface area contributed by atoms with Crippen molar-refractivity contribution in [2.75, 3.05) is 13.2 Å². The molecular weight excluding hydrogens is 350 g/mol. The van der Waals surface area contributed by atoms with Crippen LogP contribution < -0.4 is 15.6 Å². The van der Waals surface area contributed by atoms with Crippen LogP contribution in [0.25, 0.3) is 21.9 Å². The molecule has 3 rings (SSSR count). The average molecular weight is 375 g/mol. The lowest BCUT2D eigenvalue weighted by molar-refractivity contribution is 0.323. The first-order valence-electron chi connectivity index (χ1n) is 9.38. The quantitative estimate of drug-likeness (QED) is 0.708. The molecule has 5 nitrogen and oxygen atoms in total. The number of hydrogen-bond acceptors (Lipinski definition) is 4. The smallest absolute Gasteiger partial charge is 0.261 e. The zero-order valence-corrected chi connectivity index (χ0v) is 16.5. The van der Waals surface area contributed by atoms with Crippen molar-refractivity contribution >= 4 is 10.8 Å². The molecule has 0 aliphatic heterocycles. The van der Waals surface area contributed by atoms with Crippen molar-refractivity contribution in [1.29, 1.82) is 5.26 Å². The van der Waals surface area contributed by atoms with Gasteiger partial charge in [-0.2, -0.15) is 5.26 Å². The molecule has 3 aromatic rings. The first kappa shape index (κ1) is 19.7. The van der Waals surface area contributed by atoms with E-state index in [2.05, 4.69) is 26.1 Å². The number of nitrogens with one attached hydrogen (secondary N) is 1. The van der Waals surface area contributed by atoms with E-state index in [9.17, 15) is 4.79 Å². The minimum Gasteiger partial charge on any atom is -0.463 e. The van der Waals surface area contributed by atoms with Gasteiger partial charge in [-0.15, -0.1) is 0 Å². The number of rotatable bonds is 6. The summed E-state index contributed by atoms with van der Waals surface area (Å²) in [6.45, 7) is 7.18. The molecule has 0 fully saturated rings. The zero-order chi connectivity index (χ0) is 20.1. The van der Waals surface area contributed by atoms with Crippen molar-refractivity contribution in [3.8, 4) is 23.1 Å². The highest BCUT2D eigenvalue weighted by Gasteiger charge is 2.19. The fourth-order valence-electron chi connectivity index (χ4n) is 3.26. The Morgan fingerprint density at radius 2 is 1.68 bits per heavy atom. The molecule has 0 aliphatic rings. The lowest BCUT2D eigenvalue weighted by atomic mass is 9.99. The molecule has 0 atom stereocenters. The predicted octanol–water partition coefficient (Wildman–Crippen LogP) is 3.96. The van der Waals surface area contributed by atoms with Crippen molar-refractivity contribution in [2.24, 2.45) is 0 Å². The van der Waals surface area contributed by atoms with Crippen LogP contribution in [0.4, 0.5) is 0 Å². The SMILES string of the molecule is CC(C)(C)NCCn1c(OCC#N)c(-c2ccccc2)c2ccccc2c1=O. The number of nitrogens with zero attached hydrogens (tertiary/aromatic N) is 2. The van der Waals surface area contributed by atoms with Gasteiger partial charge < -0.3 is 10.1 Å². The van der Waals surface area contributed by atoms with E-state index in [0.29, 0.717) is 24.4 Å². The number of benzene rings is 2. The Morgan fingerprint density at radius 1 is 1.04 bits per heavy atom. The van der Waals surface area contributed by atoms with Gasteiger partial charge in [0.25, 0.3) is 5.56 Å². The van der Waals surface area contributed by atoms with Crippen molar-refractivity contribution in [1.82, 2.24) is 9.88 Å². The Labute approximate surface area is 165 Å². The minimum absolute atomic E-state index is 0.0591. The monoisotopic (exact) mass is 375 g/mol. The van der Waals surface area contributed by atoms with Gasteiger partial charge in [0.15, 0.2) is 6.61 Å². The lowest BCUT2D eigenvalue weighted by Crippen LogP contribution is -2.39. The van der Waals surface area contributed by atoms with Crippen LogP contribution in [0, 0.1) is 11.3 Å². The molecule has 0 saturated heterocycles. The summed E-state index contributed by atoms with van der Waals surface area (Å²) in [6, 6.07) is 19.4. The molecule has 0 aliphatic carbocycles. The summed E-state index contributed by atoms with van der Waals surface area (Å²) in [5.41, 5.74) is 1.61. The molecule has 1 N–H and O–H groups in total. The van der Waals surface area contributed by atoms with Crippen LogP contribution in [0.1, 0.15) is 20.8 Å². The van der Waals surface area contributed by atoms with Gasteiger partial charge in [-0.25, -0.2) is 0 Å². The molecule has 1 heterocycles. The summed E-state index contributed by atoms with van der Waals surface area (Å²) in [5.74, 6) is 0.437. The topological polar surface area (TPSA) is 67.1 Å². The third kappa shape index (κ3) is 4.24. The number of pyridine rings is 1. The van der Waals surface area contributed by atoms with E-state index in [0.717, 1.165) is 16.5 Å². The molecule has 0 amide bonds. The molecule has 144 valence electrons. The summed E-state index contributed by atoms with van der Waals surface area (Å²) >= 11 is 0. The van der Waals surface area contributed by atoms with Crippen LogP contribution in [-0.4, -0.2) is 23.3 Å². The molecule has 2 aromatic carbocycles. The van der Waals surface area contributed by atoms with Gasteiger partial charge in [-0.3, -0.25) is 9.36 Å². The van der Waals surface area contributed by atoms with Gasteiger partial charge in [0.1, 0.15) is 6.07 Å². The van der Waals surface area contributed by atoms with E-state index in [4.69, 9.17) is 10.00 Å². The second-order valence-corrected chi connectivity index (χ2v) is 7.67. The van der Waals surface area contributed by atoms with Gasteiger partial charge in [0.2, 0.25) is 5.88 Å². The molecule has 1 aromatic heterocycles. The van der Waals surface area contributed by atoms with E-state index in [-0.39, 0.29) is 17.7 Å². The molecule has 0 saturated carbocycles. The summed E-state index contributed by atoms with van der Waals surface area (Å²) < 4.78 is 7.46. The Morgan fingerprint density at radius 3 is 2.32 bits per heavy atom.